The monoisotopic (exact) mass is 346 g/mol. The fourth-order valence-electron chi connectivity index (χ4n) is 2.18. The molecule has 6 heteroatoms. The number of anilines is 1. The smallest absolute Gasteiger partial charge is 0.242 e. The van der Waals surface area contributed by atoms with Gasteiger partial charge in [0.1, 0.15) is 24.2 Å². The molecule has 2 rings (SSSR count). The highest BCUT2D eigenvalue weighted by atomic mass is 19.1. The second kappa shape index (κ2) is 9.64. The Bertz CT molecular complexity index is 677. The number of rotatable bonds is 9. The van der Waals surface area contributed by atoms with Crippen molar-refractivity contribution in [1.82, 2.24) is 5.32 Å². The van der Waals surface area contributed by atoms with E-state index in [-0.39, 0.29) is 18.3 Å². The molecule has 0 aliphatic carbocycles. The number of amides is 1. The minimum atomic E-state index is -0.452. The van der Waals surface area contributed by atoms with E-state index in [1.165, 1.54) is 6.07 Å². The number of carbonyl (C=O) groups is 1. The molecule has 0 saturated carbocycles. The lowest BCUT2D eigenvalue weighted by molar-refractivity contribution is -0.121. The van der Waals surface area contributed by atoms with Crippen molar-refractivity contribution in [3.63, 3.8) is 0 Å². The van der Waals surface area contributed by atoms with Crippen molar-refractivity contribution in [2.24, 2.45) is 0 Å². The first-order chi connectivity index (χ1) is 12.1. The molecule has 0 aliphatic heterocycles. The Kier molecular flexibility index (Phi) is 7.22. The van der Waals surface area contributed by atoms with E-state index < -0.39 is 6.04 Å². The first kappa shape index (κ1) is 18.7. The molecule has 1 atom stereocenters. The summed E-state index contributed by atoms with van der Waals surface area (Å²) in [5.74, 6) is 0.204. The molecular formula is C19H23FN2O3. The third kappa shape index (κ3) is 6.08. The van der Waals surface area contributed by atoms with Gasteiger partial charge < -0.3 is 20.1 Å². The standard InChI is InChI=1S/C19H23FN2O3/c1-14(19(23)21-13-15-5-3-4-6-18(15)20)22-16-7-9-17(10-8-16)25-12-11-24-2/h3-10,14,22H,11-13H2,1-2H3,(H,21,23)/t14-/m1/s1. The zero-order chi connectivity index (χ0) is 18.1. The fraction of sp³-hybridized carbons (Fsp3) is 0.316. The summed E-state index contributed by atoms with van der Waals surface area (Å²) in [4.78, 5) is 12.1. The molecule has 0 heterocycles. The first-order valence-corrected chi connectivity index (χ1v) is 8.09. The summed E-state index contributed by atoms with van der Waals surface area (Å²) in [5.41, 5.74) is 1.26. The Labute approximate surface area is 147 Å². The van der Waals surface area contributed by atoms with Crippen LogP contribution in [-0.2, 0) is 16.1 Å². The van der Waals surface area contributed by atoms with Gasteiger partial charge in [-0.2, -0.15) is 0 Å². The fourth-order valence-corrected chi connectivity index (χ4v) is 2.18. The predicted molar refractivity (Wildman–Crippen MR) is 95.1 cm³/mol. The Morgan fingerprint density at radius 1 is 1.12 bits per heavy atom. The largest absolute Gasteiger partial charge is 0.491 e. The second-order valence-electron chi connectivity index (χ2n) is 5.54. The van der Waals surface area contributed by atoms with Gasteiger partial charge in [0.15, 0.2) is 0 Å². The van der Waals surface area contributed by atoms with E-state index in [4.69, 9.17) is 9.47 Å². The van der Waals surface area contributed by atoms with E-state index in [1.54, 1.807) is 32.2 Å². The normalized spacial score (nSPS) is 11.6. The van der Waals surface area contributed by atoms with Crippen molar-refractivity contribution >= 4 is 11.6 Å². The van der Waals surface area contributed by atoms with Gasteiger partial charge in [0.05, 0.1) is 6.61 Å². The Hall–Kier alpha value is -2.60. The van der Waals surface area contributed by atoms with Crippen molar-refractivity contribution in [1.29, 1.82) is 0 Å². The molecule has 134 valence electrons. The number of halogens is 1. The molecule has 2 aromatic rings. The van der Waals surface area contributed by atoms with Gasteiger partial charge in [-0.15, -0.1) is 0 Å². The van der Waals surface area contributed by atoms with Crippen LogP contribution in [-0.4, -0.2) is 32.3 Å². The molecule has 2 N–H and O–H groups in total. The summed E-state index contributed by atoms with van der Waals surface area (Å²) < 4.78 is 24.0. The van der Waals surface area contributed by atoms with E-state index in [9.17, 15) is 9.18 Å². The predicted octanol–water partition coefficient (Wildman–Crippen LogP) is 2.97. The first-order valence-electron chi connectivity index (χ1n) is 8.09. The summed E-state index contributed by atoms with van der Waals surface area (Å²) in [5, 5.41) is 5.83. The number of benzene rings is 2. The maximum Gasteiger partial charge on any atom is 0.242 e. The highest BCUT2D eigenvalue weighted by Crippen LogP contribution is 2.16. The summed E-state index contributed by atoms with van der Waals surface area (Å²) in [7, 11) is 1.62. The van der Waals surface area contributed by atoms with Crippen LogP contribution in [0.3, 0.4) is 0 Å². The molecule has 0 radical (unpaired) electrons. The van der Waals surface area contributed by atoms with Gasteiger partial charge in [-0.05, 0) is 37.3 Å². The minimum absolute atomic E-state index is 0.157. The summed E-state index contributed by atoms with van der Waals surface area (Å²) in [6.45, 7) is 2.92. The zero-order valence-corrected chi connectivity index (χ0v) is 14.4. The van der Waals surface area contributed by atoms with Crippen LogP contribution >= 0.6 is 0 Å². The molecule has 5 nitrogen and oxygen atoms in total. The Morgan fingerprint density at radius 3 is 2.52 bits per heavy atom. The topological polar surface area (TPSA) is 59.6 Å². The summed E-state index contributed by atoms with van der Waals surface area (Å²) >= 11 is 0. The SMILES string of the molecule is COCCOc1ccc(N[C@H](C)C(=O)NCc2ccccc2F)cc1. The van der Waals surface area contributed by atoms with Gasteiger partial charge in [-0.25, -0.2) is 4.39 Å². The minimum Gasteiger partial charge on any atom is -0.491 e. The highest BCUT2D eigenvalue weighted by molar-refractivity contribution is 5.84. The molecule has 0 spiro atoms. The van der Waals surface area contributed by atoms with Crippen LogP contribution in [0, 0.1) is 5.82 Å². The van der Waals surface area contributed by atoms with Gasteiger partial charge in [0, 0.05) is 24.9 Å². The second-order valence-corrected chi connectivity index (χ2v) is 5.54. The number of hydrogen-bond donors (Lipinski definition) is 2. The van der Waals surface area contributed by atoms with Crippen LogP contribution in [0.4, 0.5) is 10.1 Å². The average molecular weight is 346 g/mol. The number of carbonyl (C=O) groups excluding carboxylic acids is 1. The van der Waals surface area contributed by atoms with Gasteiger partial charge in [0.25, 0.3) is 0 Å². The van der Waals surface area contributed by atoms with Crippen molar-refractivity contribution in [2.45, 2.75) is 19.5 Å². The van der Waals surface area contributed by atoms with E-state index in [1.807, 2.05) is 24.3 Å². The van der Waals surface area contributed by atoms with Gasteiger partial charge >= 0.3 is 0 Å². The van der Waals surface area contributed by atoms with Crippen molar-refractivity contribution in [3.8, 4) is 5.75 Å². The van der Waals surface area contributed by atoms with Gasteiger partial charge in [-0.3, -0.25) is 4.79 Å². The molecule has 25 heavy (non-hydrogen) atoms. The molecule has 2 aromatic carbocycles. The number of nitrogens with one attached hydrogen (secondary N) is 2. The molecule has 0 aromatic heterocycles. The lowest BCUT2D eigenvalue weighted by atomic mass is 10.2. The summed E-state index contributed by atoms with van der Waals surface area (Å²) in [6, 6.07) is 13.2. The van der Waals surface area contributed by atoms with Crippen molar-refractivity contribution < 1.29 is 18.7 Å². The van der Waals surface area contributed by atoms with Gasteiger partial charge in [-0.1, -0.05) is 18.2 Å². The molecular weight excluding hydrogens is 323 g/mol. The lowest BCUT2D eigenvalue weighted by Crippen LogP contribution is -2.37. The molecule has 1 amide bonds. The third-order valence-corrected chi connectivity index (χ3v) is 3.60. The van der Waals surface area contributed by atoms with Crippen molar-refractivity contribution in [3.05, 3.63) is 59.9 Å². The van der Waals surface area contributed by atoms with Crippen LogP contribution in [0.5, 0.6) is 5.75 Å². The number of ether oxygens (including phenoxy) is 2. The molecule has 0 unspecified atom stereocenters. The molecule has 0 fully saturated rings. The third-order valence-electron chi connectivity index (χ3n) is 3.60. The van der Waals surface area contributed by atoms with Crippen LogP contribution in [0.1, 0.15) is 12.5 Å². The Balaban J connectivity index is 1.81. The van der Waals surface area contributed by atoms with Crippen LogP contribution < -0.4 is 15.4 Å². The maximum absolute atomic E-state index is 13.6. The van der Waals surface area contributed by atoms with Crippen LogP contribution in [0.2, 0.25) is 0 Å². The quantitative estimate of drug-likeness (QED) is 0.686. The van der Waals surface area contributed by atoms with E-state index in [2.05, 4.69) is 10.6 Å². The Morgan fingerprint density at radius 2 is 1.84 bits per heavy atom. The summed E-state index contributed by atoms with van der Waals surface area (Å²) in [6.07, 6.45) is 0. The van der Waals surface area contributed by atoms with Gasteiger partial charge in [0.2, 0.25) is 5.91 Å². The lowest BCUT2D eigenvalue weighted by Gasteiger charge is -2.16. The van der Waals surface area contributed by atoms with Crippen LogP contribution in [0.15, 0.2) is 48.5 Å². The highest BCUT2D eigenvalue weighted by Gasteiger charge is 2.13. The zero-order valence-electron chi connectivity index (χ0n) is 14.4. The number of hydrogen-bond acceptors (Lipinski definition) is 4. The molecule has 0 bridgehead atoms. The number of methoxy groups -OCH3 is 1. The van der Waals surface area contributed by atoms with Crippen molar-refractivity contribution in [2.75, 3.05) is 25.6 Å². The van der Waals surface area contributed by atoms with E-state index >= 15 is 0 Å². The van der Waals surface area contributed by atoms with E-state index in [0.717, 1.165) is 11.4 Å². The molecule has 0 saturated heterocycles. The van der Waals surface area contributed by atoms with Crippen LogP contribution in [0.25, 0.3) is 0 Å². The molecule has 0 aliphatic rings. The maximum atomic E-state index is 13.6. The average Bonchev–Trinajstić information content (AvgIpc) is 2.62. The van der Waals surface area contributed by atoms with E-state index in [0.29, 0.717) is 18.8 Å².